The highest BCUT2D eigenvalue weighted by molar-refractivity contribution is 8.19. The van der Waals surface area contributed by atoms with Gasteiger partial charge >= 0.3 is 0 Å². The van der Waals surface area contributed by atoms with Crippen LogP contribution in [0.2, 0.25) is 10.0 Å². The van der Waals surface area contributed by atoms with Gasteiger partial charge in [0, 0.05) is 5.69 Å². The second-order valence-corrected chi connectivity index (χ2v) is 11.2. The van der Waals surface area contributed by atoms with Gasteiger partial charge in [-0.05, 0) is 91.8 Å². The zero-order chi connectivity index (χ0) is 28.9. The number of rotatable bonds is 7. The Hall–Kier alpha value is -4.04. The Morgan fingerprint density at radius 3 is 2.34 bits per heavy atom. The fourth-order valence-electron chi connectivity index (χ4n) is 3.97. The van der Waals surface area contributed by atoms with Crippen LogP contribution in [0.25, 0.3) is 6.08 Å². The smallest absolute Gasteiger partial charge is 0.271 e. The van der Waals surface area contributed by atoms with E-state index in [4.69, 9.17) is 32.9 Å². The standard InChI is InChI=1S/C32H25Cl2N3O3S/c1-20-6-10-23(11-7-20)36-32-37(25-13-8-21(2)9-14-25)31(39)29(41-32)17-22-4-3-5-26(16-22)40-19-30(38)35-24-12-15-27(33)28(34)18-24/h3-18H,19H2,1-2H3,(H,35,38)/b29-17+,36-32?. The summed E-state index contributed by atoms with van der Waals surface area (Å²) in [6, 6.07) is 27.7. The van der Waals surface area contributed by atoms with Gasteiger partial charge in [0.15, 0.2) is 11.8 Å². The van der Waals surface area contributed by atoms with E-state index >= 15 is 0 Å². The second kappa shape index (κ2) is 12.6. The lowest BCUT2D eigenvalue weighted by Gasteiger charge is -2.16. The van der Waals surface area contributed by atoms with Crippen LogP contribution in [0.5, 0.6) is 5.75 Å². The van der Waals surface area contributed by atoms with E-state index in [1.165, 1.54) is 11.8 Å². The first-order valence-corrected chi connectivity index (χ1v) is 14.3. The number of anilines is 2. The molecule has 206 valence electrons. The zero-order valence-electron chi connectivity index (χ0n) is 22.2. The lowest BCUT2D eigenvalue weighted by Crippen LogP contribution is -2.28. The number of amidine groups is 1. The Bertz CT molecular complexity index is 1670. The molecule has 0 bridgehead atoms. The van der Waals surface area contributed by atoms with E-state index in [0.29, 0.717) is 31.6 Å². The molecule has 0 aromatic heterocycles. The number of carbonyl (C=O) groups is 2. The molecule has 9 heteroatoms. The van der Waals surface area contributed by atoms with Gasteiger partial charge in [-0.1, -0.05) is 70.7 Å². The van der Waals surface area contributed by atoms with Crippen molar-refractivity contribution in [2.24, 2.45) is 4.99 Å². The number of benzene rings is 4. The van der Waals surface area contributed by atoms with Gasteiger partial charge in [0.1, 0.15) is 5.75 Å². The summed E-state index contributed by atoms with van der Waals surface area (Å²) in [6.45, 7) is 3.82. The summed E-state index contributed by atoms with van der Waals surface area (Å²) < 4.78 is 5.71. The number of hydrogen-bond acceptors (Lipinski definition) is 5. The Morgan fingerprint density at radius 1 is 0.927 bits per heavy atom. The molecule has 1 fully saturated rings. The van der Waals surface area contributed by atoms with Crippen LogP contribution < -0.4 is 15.0 Å². The van der Waals surface area contributed by atoms with E-state index in [1.54, 1.807) is 41.3 Å². The molecule has 41 heavy (non-hydrogen) atoms. The summed E-state index contributed by atoms with van der Waals surface area (Å²) in [7, 11) is 0. The first-order valence-electron chi connectivity index (χ1n) is 12.7. The average Bonchev–Trinajstić information content (AvgIpc) is 3.25. The number of ether oxygens (including phenoxy) is 1. The normalized spacial score (nSPS) is 15.0. The van der Waals surface area contributed by atoms with Crippen LogP contribution in [0.1, 0.15) is 16.7 Å². The molecule has 0 spiro atoms. The van der Waals surface area contributed by atoms with Crippen molar-refractivity contribution in [1.82, 2.24) is 0 Å². The molecule has 1 aliphatic heterocycles. The molecule has 0 aliphatic carbocycles. The number of nitrogens with zero attached hydrogens (tertiary/aromatic N) is 2. The van der Waals surface area contributed by atoms with Gasteiger partial charge in [-0.15, -0.1) is 0 Å². The summed E-state index contributed by atoms with van der Waals surface area (Å²) in [5.41, 5.74) is 5.01. The number of amides is 2. The molecule has 5 rings (SSSR count). The lowest BCUT2D eigenvalue weighted by molar-refractivity contribution is -0.118. The third-order valence-corrected chi connectivity index (χ3v) is 7.79. The van der Waals surface area contributed by atoms with Crippen molar-refractivity contribution in [1.29, 1.82) is 0 Å². The molecule has 0 unspecified atom stereocenters. The molecule has 4 aromatic carbocycles. The van der Waals surface area contributed by atoms with E-state index in [9.17, 15) is 9.59 Å². The topological polar surface area (TPSA) is 71.0 Å². The van der Waals surface area contributed by atoms with Gasteiger partial charge < -0.3 is 10.1 Å². The van der Waals surface area contributed by atoms with Crippen LogP contribution in [0.15, 0.2) is 101 Å². The van der Waals surface area contributed by atoms with Gasteiger partial charge in [0.05, 0.1) is 26.3 Å². The molecule has 4 aromatic rings. The van der Waals surface area contributed by atoms with E-state index in [1.807, 2.05) is 74.5 Å². The van der Waals surface area contributed by atoms with Crippen molar-refractivity contribution in [2.75, 3.05) is 16.8 Å². The predicted octanol–water partition coefficient (Wildman–Crippen LogP) is 8.44. The first kappa shape index (κ1) is 28.5. The van der Waals surface area contributed by atoms with Crippen LogP contribution >= 0.6 is 35.0 Å². The molecule has 1 heterocycles. The Balaban J connectivity index is 1.34. The number of halogens is 2. The first-order chi connectivity index (χ1) is 19.7. The zero-order valence-corrected chi connectivity index (χ0v) is 24.6. The van der Waals surface area contributed by atoms with Crippen molar-refractivity contribution >= 4 is 75.1 Å². The molecule has 6 nitrogen and oxygen atoms in total. The molecular formula is C32H25Cl2N3O3S. The number of carbonyl (C=O) groups excluding carboxylic acids is 2. The maximum Gasteiger partial charge on any atom is 0.271 e. The second-order valence-electron chi connectivity index (χ2n) is 9.35. The minimum atomic E-state index is -0.348. The van der Waals surface area contributed by atoms with Gasteiger partial charge in [-0.2, -0.15) is 0 Å². The van der Waals surface area contributed by atoms with Gasteiger partial charge in [0.2, 0.25) is 0 Å². The van der Waals surface area contributed by atoms with E-state index in [0.717, 1.165) is 28.1 Å². The van der Waals surface area contributed by atoms with Crippen LogP contribution in [-0.4, -0.2) is 23.6 Å². The summed E-state index contributed by atoms with van der Waals surface area (Å²) >= 11 is 13.3. The molecule has 0 atom stereocenters. The largest absolute Gasteiger partial charge is 0.484 e. The Labute approximate surface area is 252 Å². The lowest BCUT2D eigenvalue weighted by atomic mass is 10.2. The highest BCUT2D eigenvalue weighted by Crippen LogP contribution is 2.37. The van der Waals surface area contributed by atoms with Crippen molar-refractivity contribution in [3.05, 3.63) is 123 Å². The van der Waals surface area contributed by atoms with Crippen LogP contribution in [0, 0.1) is 13.8 Å². The fourth-order valence-corrected chi connectivity index (χ4v) is 5.26. The van der Waals surface area contributed by atoms with E-state index in [-0.39, 0.29) is 18.4 Å². The monoisotopic (exact) mass is 601 g/mol. The minimum Gasteiger partial charge on any atom is -0.484 e. The van der Waals surface area contributed by atoms with Crippen molar-refractivity contribution in [2.45, 2.75) is 13.8 Å². The summed E-state index contributed by atoms with van der Waals surface area (Å²) in [6.07, 6.45) is 1.80. The molecule has 1 aliphatic rings. The summed E-state index contributed by atoms with van der Waals surface area (Å²) in [5, 5.41) is 4.04. The predicted molar refractivity (Wildman–Crippen MR) is 170 cm³/mol. The molecule has 1 N–H and O–H groups in total. The summed E-state index contributed by atoms with van der Waals surface area (Å²) in [4.78, 5) is 33.0. The molecule has 1 saturated heterocycles. The number of hydrogen-bond donors (Lipinski definition) is 1. The van der Waals surface area contributed by atoms with Crippen molar-refractivity contribution in [3.63, 3.8) is 0 Å². The van der Waals surface area contributed by atoms with Crippen LogP contribution in [-0.2, 0) is 9.59 Å². The third-order valence-electron chi connectivity index (χ3n) is 6.09. The van der Waals surface area contributed by atoms with Gasteiger partial charge in [-0.3, -0.25) is 14.5 Å². The van der Waals surface area contributed by atoms with E-state index < -0.39 is 0 Å². The molecular weight excluding hydrogens is 577 g/mol. The third kappa shape index (κ3) is 7.19. The van der Waals surface area contributed by atoms with E-state index in [2.05, 4.69) is 5.32 Å². The number of nitrogens with one attached hydrogen (secondary N) is 1. The average molecular weight is 603 g/mol. The number of aryl methyl sites for hydroxylation is 2. The Morgan fingerprint density at radius 2 is 1.63 bits per heavy atom. The number of aliphatic imine (C=N–C) groups is 1. The maximum atomic E-state index is 13.6. The highest BCUT2D eigenvalue weighted by Gasteiger charge is 2.34. The highest BCUT2D eigenvalue weighted by atomic mass is 35.5. The van der Waals surface area contributed by atoms with Crippen molar-refractivity contribution < 1.29 is 14.3 Å². The Kier molecular flexibility index (Phi) is 8.78. The van der Waals surface area contributed by atoms with Crippen LogP contribution in [0.4, 0.5) is 17.1 Å². The molecule has 2 amide bonds. The SMILES string of the molecule is Cc1ccc(N=C2S/C(=C/c3cccc(OCC(=O)Nc4ccc(Cl)c(Cl)c4)c3)C(=O)N2c2ccc(C)cc2)cc1. The molecule has 0 radical (unpaired) electrons. The van der Waals surface area contributed by atoms with Crippen molar-refractivity contribution in [3.8, 4) is 5.75 Å². The fraction of sp³-hybridized carbons (Fsp3) is 0.0938. The van der Waals surface area contributed by atoms with Crippen LogP contribution in [0.3, 0.4) is 0 Å². The quantitative estimate of drug-likeness (QED) is 0.216. The molecule has 0 saturated carbocycles. The van der Waals surface area contributed by atoms with Gasteiger partial charge in [-0.25, -0.2) is 4.99 Å². The maximum absolute atomic E-state index is 13.6. The number of thioether (sulfide) groups is 1. The minimum absolute atomic E-state index is 0.169. The van der Waals surface area contributed by atoms with Gasteiger partial charge in [0.25, 0.3) is 11.8 Å². The summed E-state index contributed by atoms with van der Waals surface area (Å²) in [5.74, 6) is -0.0283.